The van der Waals surface area contributed by atoms with Gasteiger partial charge in [-0.2, -0.15) is 0 Å². The van der Waals surface area contributed by atoms with Crippen LogP contribution in [0.1, 0.15) is 118 Å². The zero-order valence-corrected chi connectivity index (χ0v) is 68.9. The molecule has 2 saturated heterocycles. The number of hydrogen-bond donors (Lipinski definition) is 17. The summed E-state index contributed by atoms with van der Waals surface area (Å²) in [6.07, 6.45) is 5.68. The topological polar surface area (TPSA) is 526 Å². The molecule has 11 atom stereocenters. The molecule has 0 spiro atoms. The van der Waals surface area contributed by atoms with Crippen molar-refractivity contribution in [3.63, 3.8) is 0 Å². The molecule has 2 fully saturated rings. The van der Waals surface area contributed by atoms with Gasteiger partial charge in [-0.3, -0.25) is 77.6 Å². The molecular formula is C86H104ClN19O16. The summed E-state index contributed by atoms with van der Waals surface area (Å²) in [7, 11) is 0. The molecule has 7 aromatic rings. The van der Waals surface area contributed by atoms with Crippen molar-refractivity contribution in [2.45, 2.75) is 184 Å². The number of aliphatic hydroxyl groups excluding tert-OH is 1. The number of rotatable bonds is 42. The van der Waals surface area contributed by atoms with E-state index in [-0.39, 0.29) is 92.4 Å². The van der Waals surface area contributed by atoms with E-state index in [0.29, 0.717) is 53.1 Å². The molecule has 19 N–H and O–H groups in total. The number of carbonyl (C=O) groups is 15. The zero-order chi connectivity index (χ0) is 88.1. The number of anilines is 2. The van der Waals surface area contributed by atoms with Crippen molar-refractivity contribution in [1.29, 1.82) is 0 Å². The number of nitrogens with two attached hydrogens (primary N) is 2. The molecule has 17 amide bonds. The Morgan fingerprint density at radius 2 is 1.01 bits per heavy atom. The van der Waals surface area contributed by atoms with Crippen LogP contribution in [0.25, 0.3) is 10.8 Å². The van der Waals surface area contributed by atoms with Gasteiger partial charge in [0.05, 0.1) is 18.6 Å². The summed E-state index contributed by atoms with van der Waals surface area (Å²) < 4.78 is 0. The van der Waals surface area contributed by atoms with Crippen LogP contribution in [0, 0.1) is 5.92 Å². The normalized spacial score (nSPS) is 15.9. The molecule has 5 aromatic carbocycles. The Kier molecular flexibility index (Phi) is 34.3. The highest BCUT2D eigenvalue weighted by molar-refractivity contribution is 6.30. The first kappa shape index (κ1) is 92.6. The first-order chi connectivity index (χ1) is 58.3. The number of halogens is 1. The maximum Gasteiger partial charge on any atom is 0.322 e. The van der Waals surface area contributed by atoms with E-state index in [9.17, 15) is 53.1 Å². The highest BCUT2D eigenvalue weighted by atomic mass is 35.5. The molecule has 4 heterocycles. The number of carbonyl (C=O) groups excluding carboxylic acids is 15. The second kappa shape index (κ2) is 45.2. The Morgan fingerprint density at radius 1 is 0.516 bits per heavy atom. The van der Waals surface area contributed by atoms with Gasteiger partial charge in [-0.15, -0.1) is 0 Å². The number of unbranched alkanes of at least 4 members (excludes halogenated alkanes) is 1. The quantitative estimate of drug-likeness (QED) is 0.0244. The van der Waals surface area contributed by atoms with Gasteiger partial charge in [0, 0.05) is 85.9 Å². The smallest absolute Gasteiger partial charge is 0.322 e. The van der Waals surface area contributed by atoms with Crippen LogP contribution in [0.5, 0.6) is 0 Å². The van der Waals surface area contributed by atoms with Gasteiger partial charge in [0.25, 0.3) is 5.91 Å². The molecule has 35 nitrogen and oxygen atoms in total. The van der Waals surface area contributed by atoms with Gasteiger partial charge in [-0.25, -0.2) is 9.59 Å². The lowest BCUT2D eigenvalue weighted by atomic mass is 9.99. The molecule has 2 aliphatic heterocycles. The summed E-state index contributed by atoms with van der Waals surface area (Å²) in [6.45, 7) is 8.48. The first-order valence-corrected chi connectivity index (χ1v) is 40.6. The third kappa shape index (κ3) is 28.5. The van der Waals surface area contributed by atoms with Gasteiger partial charge < -0.3 is 90.6 Å². The minimum atomic E-state index is -1.94. The van der Waals surface area contributed by atoms with Crippen LogP contribution in [-0.4, -0.2) is 201 Å². The zero-order valence-electron chi connectivity index (χ0n) is 68.1. The molecule has 2 aromatic heterocycles. The van der Waals surface area contributed by atoms with Crippen molar-refractivity contribution in [2.75, 3.05) is 30.3 Å². The molecule has 1 unspecified atom stereocenters. The molecule has 2 aliphatic rings. The van der Waals surface area contributed by atoms with E-state index in [2.05, 4.69) is 84.4 Å². The van der Waals surface area contributed by atoms with Crippen LogP contribution in [0.2, 0.25) is 5.02 Å². The number of aromatic nitrogens is 2. The van der Waals surface area contributed by atoms with Crippen molar-refractivity contribution in [3.8, 4) is 0 Å². The summed E-state index contributed by atoms with van der Waals surface area (Å²) >= 11 is 6.31. The highest BCUT2D eigenvalue weighted by Crippen LogP contribution is 2.24. The Morgan fingerprint density at radius 3 is 1.53 bits per heavy atom. The third-order valence-corrected chi connectivity index (χ3v) is 20.6. The molecule has 0 saturated carbocycles. The number of likely N-dealkylation sites (tertiary alicyclic amines) is 1. The minimum Gasteiger partial charge on any atom is -0.394 e. The SMILES string of the molecule is CC(C)C[C@H](NC(=O)[C@@H](Cc1ccc(NC(N)=O)cc1)NC(=O)[C@H](Cc1ccc(NC(=O)C2CC(=O)NC(=O)N2)cc1)NC(=O)[C@H](CO)NC(=O)[C@@H](Cc1cccnc1)NC(=O)[C@@H](Cc1ccc(Cl)cc1)NC(=O)[C@@H](Cc1ccc2ccccc2c1)NC(=O)c1cccnc1)C(=O)N[C@@H](CCCCNC(C)C)C(=O)N1CCC[C@H]1C(=O)N[C@H](C)C(N)=O. The molecule has 9 rings (SSSR count). The Labute approximate surface area is 709 Å². The lowest BCUT2D eigenvalue weighted by Crippen LogP contribution is -2.62. The van der Waals surface area contributed by atoms with E-state index in [0.717, 1.165) is 10.8 Å². The maximum absolute atomic E-state index is 15.5. The third-order valence-electron chi connectivity index (χ3n) is 20.3. The van der Waals surface area contributed by atoms with Crippen molar-refractivity contribution in [2.24, 2.45) is 17.4 Å². The van der Waals surface area contributed by atoms with Gasteiger partial charge in [0.15, 0.2) is 0 Å². The number of primary amides is 2. The fourth-order valence-corrected chi connectivity index (χ4v) is 14.0. The van der Waals surface area contributed by atoms with Gasteiger partial charge in [-0.05, 0) is 151 Å². The predicted molar refractivity (Wildman–Crippen MR) is 452 cm³/mol. The fourth-order valence-electron chi connectivity index (χ4n) is 13.9. The minimum absolute atomic E-state index is 0.0331. The van der Waals surface area contributed by atoms with Gasteiger partial charge in [-0.1, -0.05) is 124 Å². The summed E-state index contributed by atoms with van der Waals surface area (Å²) in [6, 6.07) is 20.0. The van der Waals surface area contributed by atoms with E-state index in [4.69, 9.17) is 23.1 Å². The highest BCUT2D eigenvalue weighted by Gasteiger charge is 2.41. The number of nitrogens with zero attached hydrogens (tertiary/aromatic N) is 3. The van der Waals surface area contributed by atoms with Crippen molar-refractivity contribution in [3.05, 3.63) is 203 Å². The van der Waals surface area contributed by atoms with E-state index in [1.807, 2.05) is 56.3 Å². The number of amides is 17. The number of benzene rings is 5. The first-order valence-electron chi connectivity index (χ1n) is 40.2. The standard InChI is InChI=1S/C86H104ClN19O16/c1-48(2)37-63(76(112)96-62(17-8-9-35-92-49(3)4)84(120)106-36-12-18-71(106)83(119)93-50(5)73(88)109)98-77(113)65(40-53-24-31-61(32-25-53)95-85(89)121)99-79(115)66(41-52-22-29-60(30-23-52)94-75(111)69-44-72(108)105-86(122)104-69)102-82(118)70(47-107)103-81(117)68(43-55-13-10-33-90-45-55)101-78(114)64(39-51-20-27-59(87)28-21-51)100-80(116)67(97-74(110)58-16-11-34-91-46-58)42-54-19-26-56-14-6-7-15-57(56)38-54/h6-7,10-11,13-16,19-34,38,45-46,48-50,62-71,92,107H,8-9,12,17-18,35-37,39-44,47H2,1-5H3,(H2,88,109)(H,93,119)(H,94,111)(H,96,112)(H,97,110)(H,98,113)(H,99,115)(H,100,116)(H,101,114)(H,102,118)(H,103,117)(H3,89,95,121)(H2,104,105,108,122)/t50-,62+,63+,64-,65-,66+,67-,68-,69?,70+,71+/m1/s1. The van der Waals surface area contributed by atoms with E-state index < -0.39 is 168 Å². The predicted octanol–water partition coefficient (Wildman–Crippen LogP) is 2.20. The Bertz CT molecular complexity index is 4860. The van der Waals surface area contributed by atoms with Crippen LogP contribution < -0.4 is 85.9 Å². The van der Waals surface area contributed by atoms with Gasteiger partial charge in [0.2, 0.25) is 70.9 Å². The number of aliphatic hydroxyl groups is 1. The molecule has 36 heteroatoms. The average molecular weight is 1700 g/mol. The molecule has 0 bridgehead atoms. The van der Waals surface area contributed by atoms with Gasteiger partial charge in [0.1, 0.15) is 66.5 Å². The van der Waals surface area contributed by atoms with Crippen molar-refractivity contribution < 1.29 is 77.0 Å². The second-order valence-corrected chi connectivity index (χ2v) is 31.2. The maximum atomic E-state index is 15.5. The van der Waals surface area contributed by atoms with E-state index in [1.54, 1.807) is 56.3 Å². The summed E-state index contributed by atoms with van der Waals surface area (Å²) in [5, 5.41) is 50.6. The number of urea groups is 2. The molecule has 0 radical (unpaired) electrons. The largest absolute Gasteiger partial charge is 0.394 e. The number of fused-ring (bicyclic) bond motifs is 1. The number of nitrogens with one attached hydrogen (secondary N) is 14. The van der Waals surface area contributed by atoms with Crippen LogP contribution in [0.3, 0.4) is 0 Å². The number of hydrogen-bond acceptors (Lipinski definition) is 19. The van der Waals surface area contributed by atoms with Crippen LogP contribution in [0.15, 0.2) is 164 Å². The van der Waals surface area contributed by atoms with Crippen LogP contribution >= 0.6 is 11.6 Å². The lowest BCUT2D eigenvalue weighted by molar-refractivity contribution is -0.142. The van der Waals surface area contributed by atoms with Gasteiger partial charge >= 0.3 is 12.1 Å². The average Bonchev–Trinajstić information content (AvgIpc) is 1.45. The second-order valence-electron chi connectivity index (χ2n) is 30.8. The van der Waals surface area contributed by atoms with Crippen LogP contribution in [-0.2, 0) is 89.6 Å². The van der Waals surface area contributed by atoms with E-state index in [1.165, 1.54) is 91.2 Å². The molecular weight excluding hydrogens is 1590 g/mol. The number of imide groups is 1. The van der Waals surface area contributed by atoms with Crippen LogP contribution in [0.4, 0.5) is 21.0 Å². The summed E-state index contributed by atoms with van der Waals surface area (Å²) in [5.41, 5.74) is 13.6. The summed E-state index contributed by atoms with van der Waals surface area (Å²) in [5.74, 6) is -11.2. The van der Waals surface area contributed by atoms with E-state index >= 15 is 24.0 Å². The van der Waals surface area contributed by atoms with Crippen molar-refractivity contribution in [1.82, 2.24) is 78.7 Å². The molecule has 122 heavy (non-hydrogen) atoms. The van der Waals surface area contributed by atoms with Crippen molar-refractivity contribution >= 4 is 123 Å². The lowest BCUT2D eigenvalue weighted by Gasteiger charge is -2.31. The Balaban J connectivity index is 1.01. The molecule has 0 aliphatic carbocycles. The molecule has 646 valence electrons. The number of pyridine rings is 2. The fraction of sp³-hybridized carbons (Fsp3) is 0.384. The Hall–Kier alpha value is -13.3. The summed E-state index contributed by atoms with van der Waals surface area (Å²) in [4.78, 5) is 220. The monoisotopic (exact) mass is 1690 g/mol.